The van der Waals surface area contributed by atoms with Crippen molar-refractivity contribution < 1.29 is 5.11 Å². The summed E-state index contributed by atoms with van der Waals surface area (Å²) in [6.07, 6.45) is 3.86. The highest BCUT2D eigenvalue weighted by Crippen LogP contribution is 2.42. The molecule has 2 atom stereocenters. The van der Waals surface area contributed by atoms with Gasteiger partial charge < -0.3 is 10.4 Å². The molecule has 0 saturated heterocycles. The topological polar surface area (TPSA) is 45.1 Å². The molecule has 0 amide bonds. The van der Waals surface area contributed by atoms with Crippen molar-refractivity contribution in [3.8, 4) is 0 Å². The van der Waals surface area contributed by atoms with Crippen LogP contribution in [0.25, 0.3) is 0 Å². The lowest BCUT2D eigenvalue weighted by Crippen LogP contribution is -2.56. The molecule has 3 nitrogen and oxygen atoms in total. The molecular formula is C11H15ClN2O. The van der Waals surface area contributed by atoms with E-state index in [0.717, 1.165) is 12.1 Å². The summed E-state index contributed by atoms with van der Waals surface area (Å²) in [4.78, 5) is 3.93. The molecule has 1 saturated carbocycles. The molecule has 1 aliphatic rings. The van der Waals surface area contributed by atoms with Crippen LogP contribution in [0, 0.1) is 5.41 Å². The van der Waals surface area contributed by atoms with E-state index in [4.69, 9.17) is 11.6 Å². The fourth-order valence-corrected chi connectivity index (χ4v) is 2.00. The SMILES string of the molecule is CC1(C)C(O)CC1Nc1ccncc1Cl. The second-order valence-electron chi connectivity index (χ2n) is 4.63. The lowest BCUT2D eigenvalue weighted by Gasteiger charge is -2.49. The predicted octanol–water partition coefficient (Wildman–Crippen LogP) is 2.31. The average Bonchev–Trinajstić information content (AvgIpc) is 2.20. The third-order valence-electron chi connectivity index (χ3n) is 3.32. The van der Waals surface area contributed by atoms with Crippen LogP contribution in [0.3, 0.4) is 0 Å². The van der Waals surface area contributed by atoms with Gasteiger partial charge in [-0.25, -0.2) is 0 Å². The molecule has 82 valence electrons. The molecule has 0 radical (unpaired) electrons. The van der Waals surface area contributed by atoms with Crippen LogP contribution in [0.5, 0.6) is 0 Å². The highest BCUT2D eigenvalue weighted by Gasteiger charge is 2.47. The number of hydrogen-bond donors (Lipinski definition) is 2. The van der Waals surface area contributed by atoms with Crippen LogP contribution in [0.2, 0.25) is 5.02 Å². The van der Waals surface area contributed by atoms with E-state index in [2.05, 4.69) is 10.3 Å². The number of anilines is 1. The van der Waals surface area contributed by atoms with Gasteiger partial charge in [-0.3, -0.25) is 4.98 Å². The Hall–Kier alpha value is -0.800. The number of aliphatic hydroxyl groups excluding tert-OH is 1. The quantitative estimate of drug-likeness (QED) is 0.814. The number of aromatic nitrogens is 1. The van der Waals surface area contributed by atoms with Gasteiger partial charge in [0.25, 0.3) is 0 Å². The van der Waals surface area contributed by atoms with Gasteiger partial charge in [-0.2, -0.15) is 0 Å². The smallest absolute Gasteiger partial charge is 0.0820 e. The van der Waals surface area contributed by atoms with Crippen molar-refractivity contribution in [2.45, 2.75) is 32.4 Å². The zero-order valence-corrected chi connectivity index (χ0v) is 9.62. The third kappa shape index (κ3) is 1.82. The van der Waals surface area contributed by atoms with Gasteiger partial charge in [0, 0.05) is 23.9 Å². The van der Waals surface area contributed by atoms with Crippen molar-refractivity contribution >= 4 is 17.3 Å². The maximum Gasteiger partial charge on any atom is 0.0820 e. The Morgan fingerprint density at radius 1 is 1.60 bits per heavy atom. The second kappa shape index (κ2) is 3.65. The van der Waals surface area contributed by atoms with Crippen LogP contribution in [-0.4, -0.2) is 22.2 Å². The fraction of sp³-hybridized carbons (Fsp3) is 0.545. The molecule has 0 aromatic carbocycles. The Balaban J connectivity index is 2.08. The van der Waals surface area contributed by atoms with Crippen LogP contribution in [0.1, 0.15) is 20.3 Å². The molecule has 2 unspecified atom stereocenters. The van der Waals surface area contributed by atoms with Gasteiger partial charge in [0.15, 0.2) is 0 Å². The number of rotatable bonds is 2. The van der Waals surface area contributed by atoms with Crippen molar-refractivity contribution in [3.63, 3.8) is 0 Å². The largest absolute Gasteiger partial charge is 0.392 e. The van der Waals surface area contributed by atoms with Crippen molar-refractivity contribution in [2.75, 3.05) is 5.32 Å². The van der Waals surface area contributed by atoms with E-state index in [1.807, 2.05) is 19.9 Å². The van der Waals surface area contributed by atoms with Gasteiger partial charge in [0.1, 0.15) is 0 Å². The van der Waals surface area contributed by atoms with Crippen LogP contribution in [-0.2, 0) is 0 Å². The standard InChI is InChI=1S/C11H15ClN2O/c1-11(2)9(5-10(11)15)14-8-3-4-13-6-7(8)12/h3-4,6,9-10,15H,5H2,1-2H3,(H,13,14). The lowest BCUT2D eigenvalue weighted by atomic mass is 9.64. The minimum absolute atomic E-state index is 0.0907. The van der Waals surface area contributed by atoms with E-state index in [-0.39, 0.29) is 17.6 Å². The number of halogens is 1. The van der Waals surface area contributed by atoms with Gasteiger partial charge in [-0.05, 0) is 12.5 Å². The summed E-state index contributed by atoms with van der Waals surface area (Å²) in [5.74, 6) is 0. The van der Waals surface area contributed by atoms with E-state index in [1.54, 1.807) is 12.4 Å². The van der Waals surface area contributed by atoms with Crippen LogP contribution < -0.4 is 5.32 Å². The van der Waals surface area contributed by atoms with E-state index < -0.39 is 0 Å². The minimum atomic E-state index is -0.226. The highest BCUT2D eigenvalue weighted by atomic mass is 35.5. The van der Waals surface area contributed by atoms with Gasteiger partial charge in [0.2, 0.25) is 0 Å². The van der Waals surface area contributed by atoms with E-state index >= 15 is 0 Å². The summed E-state index contributed by atoms with van der Waals surface area (Å²) >= 11 is 5.99. The Labute approximate surface area is 94.5 Å². The zero-order valence-electron chi connectivity index (χ0n) is 8.87. The Kier molecular flexibility index (Phi) is 2.61. The van der Waals surface area contributed by atoms with Crippen molar-refractivity contribution in [3.05, 3.63) is 23.5 Å². The molecule has 0 bridgehead atoms. The fourth-order valence-electron chi connectivity index (χ4n) is 1.83. The molecule has 1 heterocycles. The number of nitrogens with one attached hydrogen (secondary N) is 1. The summed E-state index contributed by atoms with van der Waals surface area (Å²) in [5.41, 5.74) is 0.795. The summed E-state index contributed by atoms with van der Waals surface area (Å²) in [6.45, 7) is 4.10. The van der Waals surface area contributed by atoms with Gasteiger partial charge in [0.05, 0.1) is 16.8 Å². The molecule has 1 aliphatic carbocycles. The summed E-state index contributed by atoms with van der Waals surface area (Å²) in [7, 11) is 0. The first-order valence-electron chi connectivity index (χ1n) is 5.06. The number of aliphatic hydroxyl groups is 1. The number of pyridine rings is 1. The average molecular weight is 227 g/mol. The van der Waals surface area contributed by atoms with Gasteiger partial charge in [-0.1, -0.05) is 25.4 Å². The lowest BCUT2D eigenvalue weighted by molar-refractivity contribution is -0.0510. The molecule has 4 heteroatoms. The van der Waals surface area contributed by atoms with Crippen molar-refractivity contribution in [1.29, 1.82) is 0 Å². The van der Waals surface area contributed by atoms with Crippen molar-refractivity contribution in [2.24, 2.45) is 5.41 Å². The third-order valence-corrected chi connectivity index (χ3v) is 3.62. The van der Waals surface area contributed by atoms with Crippen LogP contribution >= 0.6 is 11.6 Å². The molecule has 1 aromatic heterocycles. The molecule has 15 heavy (non-hydrogen) atoms. The Bertz CT molecular complexity index is 367. The van der Waals surface area contributed by atoms with Crippen LogP contribution in [0.15, 0.2) is 18.5 Å². The molecule has 1 aromatic rings. The maximum absolute atomic E-state index is 9.61. The van der Waals surface area contributed by atoms with Crippen molar-refractivity contribution in [1.82, 2.24) is 4.98 Å². The highest BCUT2D eigenvalue weighted by molar-refractivity contribution is 6.33. The van der Waals surface area contributed by atoms with E-state index in [1.165, 1.54) is 0 Å². The zero-order chi connectivity index (χ0) is 11.1. The maximum atomic E-state index is 9.61. The van der Waals surface area contributed by atoms with Gasteiger partial charge >= 0.3 is 0 Å². The molecular weight excluding hydrogens is 212 g/mol. The summed E-state index contributed by atoms with van der Waals surface area (Å²) < 4.78 is 0. The monoisotopic (exact) mass is 226 g/mol. The number of nitrogens with zero attached hydrogens (tertiary/aromatic N) is 1. The molecule has 1 fully saturated rings. The van der Waals surface area contributed by atoms with Gasteiger partial charge in [-0.15, -0.1) is 0 Å². The number of hydrogen-bond acceptors (Lipinski definition) is 3. The van der Waals surface area contributed by atoms with E-state index in [9.17, 15) is 5.11 Å². The van der Waals surface area contributed by atoms with E-state index in [0.29, 0.717) is 5.02 Å². The second-order valence-corrected chi connectivity index (χ2v) is 5.03. The first-order chi connectivity index (χ1) is 7.01. The van der Waals surface area contributed by atoms with Crippen LogP contribution in [0.4, 0.5) is 5.69 Å². The first-order valence-corrected chi connectivity index (χ1v) is 5.43. The Morgan fingerprint density at radius 2 is 2.33 bits per heavy atom. The first kappa shape index (κ1) is 10.7. The normalized spacial score (nSPS) is 28.3. The minimum Gasteiger partial charge on any atom is -0.392 e. The Morgan fingerprint density at radius 3 is 2.87 bits per heavy atom. The predicted molar refractivity (Wildman–Crippen MR) is 61.1 cm³/mol. The summed E-state index contributed by atoms with van der Waals surface area (Å²) in [5, 5.41) is 13.6. The molecule has 0 spiro atoms. The molecule has 2 N–H and O–H groups in total. The molecule has 2 rings (SSSR count). The molecule has 0 aliphatic heterocycles. The summed E-state index contributed by atoms with van der Waals surface area (Å²) in [6, 6.07) is 2.12.